The summed E-state index contributed by atoms with van der Waals surface area (Å²) in [5, 5.41) is 3.56. The Labute approximate surface area is 150 Å². The van der Waals surface area contributed by atoms with Crippen LogP contribution in [0.1, 0.15) is 60.8 Å². The smallest absolute Gasteiger partial charge is 0.145 e. The number of hydrogen-bond donors (Lipinski definition) is 1. The molecule has 25 heavy (non-hydrogen) atoms. The summed E-state index contributed by atoms with van der Waals surface area (Å²) in [4.78, 5) is 12.1. The zero-order valence-corrected chi connectivity index (χ0v) is 15.1. The van der Waals surface area contributed by atoms with Crippen molar-refractivity contribution in [2.24, 2.45) is 0 Å². The van der Waals surface area contributed by atoms with Gasteiger partial charge in [-0.15, -0.1) is 0 Å². The van der Waals surface area contributed by atoms with Crippen molar-refractivity contribution in [3.63, 3.8) is 0 Å². The summed E-state index contributed by atoms with van der Waals surface area (Å²) in [6, 6.07) is 11.2. The maximum absolute atomic E-state index is 4.91. The molecule has 0 saturated carbocycles. The molecule has 132 valence electrons. The molecule has 4 heteroatoms. The molecule has 4 nitrogen and oxygen atoms in total. The number of hydrogen-bond acceptors (Lipinski definition) is 4. The lowest BCUT2D eigenvalue weighted by atomic mass is 9.98. The van der Waals surface area contributed by atoms with Crippen LogP contribution < -0.4 is 5.32 Å². The van der Waals surface area contributed by atoms with Crippen molar-refractivity contribution in [1.29, 1.82) is 0 Å². The zero-order valence-electron chi connectivity index (χ0n) is 15.1. The standard InChI is InChI=1S/C21H28N4/c1-16(17-7-3-2-4-8-17)14-25-12-10-19-18(15-25)13-23-21(24-19)20-9-5-6-11-22-20/h2-4,7-8,13,16,20,22H,5-6,9-12,14-15H2,1H3/t16-,20+/m0/s1. The summed E-state index contributed by atoms with van der Waals surface area (Å²) in [5.41, 5.74) is 4.00. The average Bonchev–Trinajstić information content (AvgIpc) is 2.69. The van der Waals surface area contributed by atoms with Gasteiger partial charge in [0.1, 0.15) is 5.82 Å². The van der Waals surface area contributed by atoms with Gasteiger partial charge in [0, 0.05) is 43.5 Å². The fourth-order valence-electron chi connectivity index (χ4n) is 4.06. The second-order valence-electron chi connectivity index (χ2n) is 7.50. The Bertz CT molecular complexity index is 694. The molecule has 2 aromatic rings. The van der Waals surface area contributed by atoms with E-state index in [0.717, 1.165) is 38.4 Å². The first-order valence-electron chi connectivity index (χ1n) is 9.65. The van der Waals surface area contributed by atoms with E-state index >= 15 is 0 Å². The minimum absolute atomic E-state index is 0.357. The van der Waals surface area contributed by atoms with Crippen LogP contribution in [0, 0.1) is 0 Å². The first-order valence-corrected chi connectivity index (χ1v) is 9.65. The van der Waals surface area contributed by atoms with Crippen molar-refractivity contribution >= 4 is 0 Å². The quantitative estimate of drug-likeness (QED) is 0.928. The summed E-state index contributed by atoms with van der Waals surface area (Å²) >= 11 is 0. The molecule has 4 rings (SSSR count). The predicted molar refractivity (Wildman–Crippen MR) is 100 cm³/mol. The Balaban J connectivity index is 1.41. The number of benzene rings is 1. The van der Waals surface area contributed by atoms with Crippen molar-refractivity contribution in [2.75, 3.05) is 19.6 Å². The molecular formula is C21H28N4. The average molecular weight is 336 g/mol. The largest absolute Gasteiger partial charge is 0.307 e. The maximum Gasteiger partial charge on any atom is 0.145 e. The van der Waals surface area contributed by atoms with E-state index in [4.69, 9.17) is 4.98 Å². The normalized spacial score (nSPS) is 22.4. The van der Waals surface area contributed by atoms with Gasteiger partial charge in [-0.1, -0.05) is 43.7 Å². The van der Waals surface area contributed by atoms with Gasteiger partial charge < -0.3 is 5.32 Å². The van der Waals surface area contributed by atoms with Crippen LogP contribution in [0.2, 0.25) is 0 Å². The molecule has 1 fully saturated rings. The molecule has 1 saturated heterocycles. The summed E-state index contributed by atoms with van der Waals surface area (Å²) in [6.45, 7) is 6.58. The van der Waals surface area contributed by atoms with E-state index in [9.17, 15) is 0 Å². The lowest BCUT2D eigenvalue weighted by Crippen LogP contribution is -2.35. The van der Waals surface area contributed by atoms with Gasteiger partial charge in [-0.05, 0) is 30.9 Å². The second-order valence-corrected chi connectivity index (χ2v) is 7.50. The van der Waals surface area contributed by atoms with Gasteiger partial charge >= 0.3 is 0 Å². The minimum atomic E-state index is 0.357. The highest BCUT2D eigenvalue weighted by Gasteiger charge is 2.23. The fourth-order valence-corrected chi connectivity index (χ4v) is 4.06. The van der Waals surface area contributed by atoms with Gasteiger partial charge in [-0.2, -0.15) is 0 Å². The molecule has 2 aliphatic rings. The van der Waals surface area contributed by atoms with Crippen molar-refractivity contribution in [3.8, 4) is 0 Å². The maximum atomic E-state index is 4.91. The van der Waals surface area contributed by atoms with Crippen LogP contribution in [0.3, 0.4) is 0 Å². The van der Waals surface area contributed by atoms with E-state index in [1.165, 1.54) is 36.1 Å². The molecule has 0 aliphatic carbocycles. The van der Waals surface area contributed by atoms with Gasteiger partial charge in [-0.25, -0.2) is 9.97 Å². The lowest BCUT2D eigenvalue weighted by molar-refractivity contribution is 0.238. The molecule has 0 unspecified atom stereocenters. The summed E-state index contributed by atoms with van der Waals surface area (Å²) < 4.78 is 0. The molecule has 3 heterocycles. The van der Waals surface area contributed by atoms with Gasteiger partial charge in [0.05, 0.1) is 6.04 Å². The monoisotopic (exact) mass is 336 g/mol. The van der Waals surface area contributed by atoms with E-state index < -0.39 is 0 Å². The van der Waals surface area contributed by atoms with E-state index in [2.05, 4.69) is 58.7 Å². The Morgan fingerprint density at radius 2 is 2.12 bits per heavy atom. The first-order chi connectivity index (χ1) is 12.3. The van der Waals surface area contributed by atoms with Crippen molar-refractivity contribution in [2.45, 2.75) is 51.1 Å². The van der Waals surface area contributed by atoms with E-state index in [0.29, 0.717) is 12.0 Å². The van der Waals surface area contributed by atoms with Crippen molar-refractivity contribution < 1.29 is 0 Å². The lowest BCUT2D eigenvalue weighted by Gasteiger charge is -2.31. The van der Waals surface area contributed by atoms with Crippen LogP contribution in [0.15, 0.2) is 36.5 Å². The molecule has 1 aromatic carbocycles. The molecule has 2 aliphatic heterocycles. The van der Waals surface area contributed by atoms with Crippen LogP contribution in [0.25, 0.3) is 0 Å². The molecule has 1 aromatic heterocycles. The number of piperidine rings is 1. The Morgan fingerprint density at radius 1 is 1.24 bits per heavy atom. The highest BCUT2D eigenvalue weighted by atomic mass is 15.1. The molecular weight excluding hydrogens is 308 g/mol. The fraction of sp³-hybridized carbons (Fsp3) is 0.524. The van der Waals surface area contributed by atoms with Crippen LogP contribution in [0.4, 0.5) is 0 Å². The van der Waals surface area contributed by atoms with E-state index in [1.54, 1.807) is 0 Å². The van der Waals surface area contributed by atoms with Crippen LogP contribution >= 0.6 is 0 Å². The summed E-state index contributed by atoms with van der Waals surface area (Å²) in [5.74, 6) is 1.55. The van der Waals surface area contributed by atoms with Crippen molar-refractivity contribution in [3.05, 3.63) is 59.2 Å². The highest BCUT2D eigenvalue weighted by Crippen LogP contribution is 2.24. The third-order valence-corrected chi connectivity index (χ3v) is 5.55. The van der Waals surface area contributed by atoms with Crippen molar-refractivity contribution in [1.82, 2.24) is 20.2 Å². The number of nitrogens with one attached hydrogen (secondary N) is 1. The van der Waals surface area contributed by atoms with Gasteiger partial charge in [0.15, 0.2) is 0 Å². The Hall–Kier alpha value is -1.78. The minimum Gasteiger partial charge on any atom is -0.307 e. The van der Waals surface area contributed by atoms with E-state index in [-0.39, 0.29) is 0 Å². The number of aromatic nitrogens is 2. The van der Waals surface area contributed by atoms with Crippen LogP contribution in [-0.4, -0.2) is 34.5 Å². The number of fused-ring (bicyclic) bond motifs is 1. The Kier molecular flexibility index (Phi) is 5.09. The molecule has 0 bridgehead atoms. The van der Waals surface area contributed by atoms with Gasteiger partial charge in [0.2, 0.25) is 0 Å². The summed E-state index contributed by atoms with van der Waals surface area (Å²) in [7, 11) is 0. The molecule has 2 atom stereocenters. The second kappa shape index (κ2) is 7.63. The molecule has 0 radical (unpaired) electrons. The topological polar surface area (TPSA) is 41.1 Å². The van der Waals surface area contributed by atoms with Crippen LogP contribution in [-0.2, 0) is 13.0 Å². The highest BCUT2D eigenvalue weighted by molar-refractivity contribution is 5.23. The third kappa shape index (κ3) is 3.91. The van der Waals surface area contributed by atoms with E-state index in [1.807, 2.05) is 0 Å². The zero-order chi connectivity index (χ0) is 17.1. The summed E-state index contributed by atoms with van der Waals surface area (Å²) in [6.07, 6.45) is 6.84. The predicted octanol–water partition coefficient (Wildman–Crippen LogP) is 3.45. The van der Waals surface area contributed by atoms with Gasteiger partial charge in [-0.3, -0.25) is 4.90 Å². The number of nitrogens with zero attached hydrogens (tertiary/aromatic N) is 3. The number of rotatable bonds is 4. The Morgan fingerprint density at radius 3 is 2.92 bits per heavy atom. The SMILES string of the molecule is C[C@@H](CN1CCc2nc([C@H]3CCCCN3)ncc2C1)c1ccccc1. The van der Waals surface area contributed by atoms with Crippen LogP contribution in [0.5, 0.6) is 0 Å². The van der Waals surface area contributed by atoms with Gasteiger partial charge in [0.25, 0.3) is 0 Å². The molecule has 0 amide bonds. The molecule has 0 spiro atoms. The first kappa shape index (κ1) is 16.7. The molecule has 1 N–H and O–H groups in total. The third-order valence-electron chi connectivity index (χ3n) is 5.55.